The summed E-state index contributed by atoms with van der Waals surface area (Å²) in [5, 5.41) is 8.28. The van der Waals surface area contributed by atoms with E-state index in [-0.39, 0.29) is 6.61 Å². The van der Waals surface area contributed by atoms with Crippen molar-refractivity contribution in [1.82, 2.24) is 0 Å². The van der Waals surface area contributed by atoms with Crippen LogP contribution < -0.4 is 0 Å². The van der Waals surface area contributed by atoms with Gasteiger partial charge in [0, 0.05) is 7.11 Å². The van der Waals surface area contributed by atoms with Crippen LogP contribution in [0.3, 0.4) is 0 Å². The SMILES string of the molecule is COCC(=O)OC(C)C(=O)O. The Morgan fingerprint density at radius 1 is 1.55 bits per heavy atom. The summed E-state index contributed by atoms with van der Waals surface area (Å²) in [6, 6.07) is 0. The quantitative estimate of drug-likeness (QED) is 0.572. The fourth-order valence-electron chi connectivity index (χ4n) is 0.399. The van der Waals surface area contributed by atoms with Crippen molar-refractivity contribution in [3.05, 3.63) is 0 Å². The molecule has 5 heteroatoms. The lowest BCUT2D eigenvalue weighted by molar-refractivity contribution is -0.165. The third-order valence-electron chi connectivity index (χ3n) is 0.918. The highest BCUT2D eigenvalue weighted by Crippen LogP contribution is 1.91. The number of carboxylic acids is 1. The van der Waals surface area contributed by atoms with Gasteiger partial charge in [-0.15, -0.1) is 0 Å². The normalized spacial score (nSPS) is 12.2. The fourth-order valence-corrected chi connectivity index (χ4v) is 0.399. The Labute approximate surface area is 63.9 Å². The Morgan fingerprint density at radius 2 is 2.09 bits per heavy atom. The Bertz CT molecular complexity index is 153. The molecule has 11 heavy (non-hydrogen) atoms. The Morgan fingerprint density at radius 3 is 2.45 bits per heavy atom. The van der Waals surface area contributed by atoms with Crippen LogP contribution in [-0.4, -0.2) is 36.9 Å². The fraction of sp³-hybridized carbons (Fsp3) is 0.667. The Kier molecular flexibility index (Phi) is 4.21. The highest BCUT2D eigenvalue weighted by Gasteiger charge is 2.15. The molecule has 0 saturated heterocycles. The number of carbonyl (C=O) groups is 2. The summed E-state index contributed by atoms with van der Waals surface area (Å²) >= 11 is 0. The maximum absolute atomic E-state index is 10.5. The van der Waals surface area contributed by atoms with E-state index in [1.165, 1.54) is 14.0 Å². The molecule has 0 bridgehead atoms. The molecule has 0 saturated carbocycles. The third kappa shape index (κ3) is 4.32. The molecule has 1 unspecified atom stereocenters. The van der Waals surface area contributed by atoms with Gasteiger partial charge in [-0.05, 0) is 6.92 Å². The lowest BCUT2D eigenvalue weighted by Gasteiger charge is -2.06. The van der Waals surface area contributed by atoms with Gasteiger partial charge >= 0.3 is 11.9 Å². The summed E-state index contributed by atoms with van der Waals surface area (Å²) < 4.78 is 8.81. The molecule has 0 fully saturated rings. The van der Waals surface area contributed by atoms with Gasteiger partial charge in [0.2, 0.25) is 0 Å². The molecule has 0 aromatic carbocycles. The van der Waals surface area contributed by atoms with Crippen molar-refractivity contribution in [2.45, 2.75) is 13.0 Å². The topological polar surface area (TPSA) is 72.8 Å². The van der Waals surface area contributed by atoms with Crippen molar-refractivity contribution >= 4 is 11.9 Å². The number of aliphatic carboxylic acids is 1. The predicted molar refractivity (Wildman–Crippen MR) is 35.1 cm³/mol. The molecule has 0 rings (SSSR count). The number of methoxy groups -OCH3 is 1. The van der Waals surface area contributed by atoms with Crippen LogP contribution in [0.25, 0.3) is 0 Å². The number of hydrogen-bond acceptors (Lipinski definition) is 4. The lowest BCUT2D eigenvalue weighted by atomic mass is 10.4. The van der Waals surface area contributed by atoms with Gasteiger partial charge in [-0.3, -0.25) is 0 Å². The first-order valence-electron chi connectivity index (χ1n) is 2.99. The molecule has 0 aliphatic rings. The number of hydrogen-bond donors (Lipinski definition) is 1. The number of carboxylic acid groups (broad SMARTS) is 1. The summed E-state index contributed by atoms with van der Waals surface area (Å²) in [7, 11) is 1.33. The van der Waals surface area contributed by atoms with Gasteiger partial charge in [0.25, 0.3) is 0 Å². The molecule has 64 valence electrons. The van der Waals surface area contributed by atoms with Crippen molar-refractivity contribution in [2.24, 2.45) is 0 Å². The molecule has 0 heterocycles. The number of esters is 1. The molecule has 0 radical (unpaired) electrons. The smallest absolute Gasteiger partial charge is 0.344 e. The van der Waals surface area contributed by atoms with Gasteiger partial charge < -0.3 is 14.6 Å². The summed E-state index contributed by atoms with van der Waals surface area (Å²) in [6.45, 7) is 1.05. The molecule has 0 aromatic heterocycles. The highest BCUT2D eigenvalue weighted by atomic mass is 16.6. The first kappa shape index (κ1) is 9.90. The van der Waals surface area contributed by atoms with Crippen LogP contribution in [0, 0.1) is 0 Å². The lowest BCUT2D eigenvalue weighted by Crippen LogP contribution is -2.25. The highest BCUT2D eigenvalue weighted by molar-refractivity contribution is 5.78. The van der Waals surface area contributed by atoms with Crippen molar-refractivity contribution < 1.29 is 24.2 Å². The number of rotatable bonds is 4. The van der Waals surface area contributed by atoms with Crippen molar-refractivity contribution in [3.8, 4) is 0 Å². The molecular weight excluding hydrogens is 152 g/mol. The zero-order valence-corrected chi connectivity index (χ0v) is 6.36. The Hall–Kier alpha value is -1.10. The van der Waals surface area contributed by atoms with Crippen LogP contribution in [0.4, 0.5) is 0 Å². The zero-order valence-electron chi connectivity index (χ0n) is 6.36. The minimum absolute atomic E-state index is 0.225. The van der Waals surface area contributed by atoms with Crippen LogP contribution in [0.1, 0.15) is 6.92 Å². The first-order chi connectivity index (χ1) is 5.07. The van der Waals surface area contributed by atoms with Crippen LogP contribution in [0.2, 0.25) is 0 Å². The standard InChI is InChI=1S/C6H10O5/c1-4(6(8)9)11-5(7)3-10-2/h4H,3H2,1-2H3,(H,8,9). The van der Waals surface area contributed by atoms with Gasteiger partial charge in [0.1, 0.15) is 6.61 Å². The maximum atomic E-state index is 10.5. The van der Waals surface area contributed by atoms with E-state index < -0.39 is 18.0 Å². The van der Waals surface area contributed by atoms with E-state index in [1.807, 2.05) is 0 Å². The summed E-state index contributed by atoms with van der Waals surface area (Å²) in [6.07, 6.45) is -1.11. The van der Waals surface area contributed by atoms with Crippen LogP contribution >= 0.6 is 0 Å². The molecule has 0 aromatic rings. The van der Waals surface area contributed by atoms with E-state index in [0.717, 1.165) is 0 Å². The van der Waals surface area contributed by atoms with E-state index in [1.54, 1.807) is 0 Å². The molecule has 0 amide bonds. The molecule has 1 atom stereocenters. The summed E-state index contributed by atoms with van der Waals surface area (Å²) in [4.78, 5) is 20.7. The second-order valence-corrected chi connectivity index (χ2v) is 1.90. The maximum Gasteiger partial charge on any atom is 0.344 e. The van der Waals surface area contributed by atoms with E-state index in [9.17, 15) is 9.59 Å². The van der Waals surface area contributed by atoms with Crippen LogP contribution in [0.15, 0.2) is 0 Å². The van der Waals surface area contributed by atoms with Gasteiger partial charge in [-0.25, -0.2) is 9.59 Å². The molecule has 1 N–H and O–H groups in total. The summed E-state index contributed by atoms with van der Waals surface area (Å²) in [5.41, 5.74) is 0. The van der Waals surface area contributed by atoms with Gasteiger partial charge in [-0.2, -0.15) is 0 Å². The summed E-state index contributed by atoms with van der Waals surface area (Å²) in [5.74, 6) is -1.85. The molecule has 0 spiro atoms. The minimum atomic E-state index is -1.17. The van der Waals surface area contributed by atoms with E-state index >= 15 is 0 Å². The average Bonchev–Trinajstić information content (AvgIpc) is 1.87. The van der Waals surface area contributed by atoms with Crippen molar-refractivity contribution in [1.29, 1.82) is 0 Å². The number of ether oxygens (including phenoxy) is 2. The van der Waals surface area contributed by atoms with Gasteiger partial charge in [0.15, 0.2) is 6.10 Å². The Balaban J connectivity index is 3.66. The molecule has 0 aliphatic heterocycles. The third-order valence-corrected chi connectivity index (χ3v) is 0.918. The van der Waals surface area contributed by atoms with E-state index in [0.29, 0.717) is 0 Å². The average molecular weight is 162 g/mol. The largest absolute Gasteiger partial charge is 0.479 e. The molecular formula is C6H10O5. The van der Waals surface area contributed by atoms with Crippen molar-refractivity contribution in [2.75, 3.05) is 13.7 Å². The first-order valence-corrected chi connectivity index (χ1v) is 2.99. The second-order valence-electron chi connectivity index (χ2n) is 1.90. The minimum Gasteiger partial charge on any atom is -0.479 e. The zero-order chi connectivity index (χ0) is 8.85. The predicted octanol–water partition coefficient (Wildman–Crippen LogP) is -0.351. The van der Waals surface area contributed by atoms with E-state index in [4.69, 9.17) is 5.11 Å². The van der Waals surface area contributed by atoms with Gasteiger partial charge in [0.05, 0.1) is 0 Å². The van der Waals surface area contributed by atoms with Crippen molar-refractivity contribution in [3.63, 3.8) is 0 Å². The van der Waals surface area contributed by atoms with E-state index in [2.05, 4.69) is 9.47 Å². The monoisotopic (exact) mass is 162 g/mol. The second kappa shape index (κ2) is 4.68. The van der Waals surface area contributed by atoms with Gasteiger partial charge in [-0.1, -0.05) is 0 Å². The van der Waals surface area contributed by atoms with Crippen LogP contribution in [-0.2, 0) is 19.1 Å². The van der Waals surface area contributed by atoms with Crippen LogP contribution in [0.5, 0.6) is 0 Å². The number of carbonyl (C=O) groups excluding carboxylic acids is 1. The molecule has 5 nitrogen and oxygen atoms in total. The molecule has 0 aliphatic carbocycles.